The van der Waals surface area contributed by atoms with Gasteiger partial charge in [-0.05, 0) is 144 Å². The molecule has 0 radical (unpaired) electrons. The van der Waals surface area contributed by atoms with Gasteiger partial charge in [0.2, 0.25) is 6.29 Å². The Morgan fingerprint density at radius 1 is 0.630 bits per heavy atom. The molecule has 4 aliphatic rings. The first-order valence-corrected chi connectivity index (χ1v) is 26.7. The Kier molecular flexibility index (Phi) is 17.5. The maximum Gasteiger partial charge on any atom is 0.446 e. The summed E-state index contributed by atoms with van der Waals surface area (Å²) in [6, 6.07) is 29.4. The molecule has 0 spiro atoms. The van der Waals surface area contributed by atoms with Crippen molar-refractivity contribution >= 4 is 66.9 Å². The van der Waals surface area contributed by atoms with E-state index in [1.807, 2.05) is 53.1 Å². The van der Waals surface area contributed by atoms with E-state index >= 15 is 0 Å². The third kappa shape index (κ3) is 15.3. The molecule has 0 bridgehead atoms. The van der Waals surface area contributed by atoms with Gasteiger partial charge < -0.3 is 43.7 Å². The Morgan fingerprint density at radius 3 is 1.42 bits per heavy atom. The first-order valence-electron chi connectivity index (χ1n) is 25.1. The average Bonchev–Trinajstić information content (AvgIpc) is 3.97. The van der Waals surface area contributed by atoms with E-state index in [9.17, 15) is 18.0 Å². The largest absolute Gasteiger partial charge is 0.490 e. The van der Waals surface area contributed by atoms with Crippen LogP contribution in [-0.2, 0) is 19.0 Å². The molecule has 1 N–H and O–H groups in total. The molecule has 4 aromatic carbocycles. The first kappa shape index (κ1) is 53.8. The van der Waals surface area contributed by atoms with Crippen molar-refractivity contribution in [1.82, 2.24) is 20.2 Å². The molecule has 2 aromatic heterocycles. The van der Waals surface area contributed by atoms with Gasteiger partial charge in [-0.15, -0.1) is 22.7 Å². The van der Waals surface area contributed by atoms with E-state index in [4.69, 9.17) is 38.4 Å². The fourth-order valence-electron chi connectivity index (χ4n) is 8.82. The van der Waals surface area contributed by atoms with Crippen LogP contribution in [0, 0.1) is 0 Å². The van der Waals surface area contributed by atoms with E-state index in [1.165, 1.54) is 16.1 Å². The van der Waals surface area contributed by atoms with E-state index in [0.717, 1.165) is 113 Å². The van der Waals surface area contributed by atoms with Gasteiger partial charge in [0.1, 0.15) is 39.3 Å². The summed E-state index contributed by atoms with van der Waals surface area (Å²) in [7, 11) is 8.19. The van der Waals surface area contributed by atoms with Crippen LogP contribution in [0.4, 0.5) is 29.3 Å². The maximum atomic E-state index is 12.3. The Labute approximate surface area is 433 Å². The van der Waals surface area contributed by atoms with Crippen molar-refractivity contribution < 1.29 is 46.4 Å². The number of hydrogen-bond donors (Lipinski definition) is 1. The van der Waals surface area contributed by atoms with Crippen LogP contribution in [0.5, 0.6) is 11.5 Å². The van der Waals surface area contributed by atoms with E-state index in [1.54, 1.807) is 27.6 Å². The zero-order valence-corrected chi connectivity index (χ0v) is 44.3. The van der Waals surface area contributed by atoms with Crippen molar-refractivity contribution in [3.05, 3.63) is 84.9 Å². The molecule has 2 saturated carbocycles. The van der Waals surface area contributed by atoms with E-state index in [2.05, 4.69) is 95.9 Å². The van der Waals surface area contributed by atoms with Gasteiger partial charge in [0.25, 0.3) is 0 Å². The second-order valence-electron chi connectivity index (χ2n) is 20.4. The fraction of sp³-hybridized carbons (Fsp3) is 0.491. The van der Waals surface area contributed by atoms with Crippen LogP contribution in [0.1, 0.15) is 72.1 Å². The van der Waals surface area contributed by atoms with E-state index in [-0.39, 0.29) is 30.5 Å². The van der Waals surface area contributed by atoms with Crippen molar-refractivity contribution in [2.75, 3.05) is 64.2 Å². The number of rotatable bonds is 12. The van der Waals surface area contributed by atoms with Gasteiger partial charge in [-0.3, -0.25) is 4.79 Å². The van der Waals surface area contributed by atoms with E-state index < -0.39 is 18.1 Å². The van der Waals surface area contributed by atoms with Crippen molar-refractivity contribution in [3.63, 3.8) is 0 Å². The number of carbonyl (C=O) groups excluding carboxylic acids is 2. The van der Waals surface area contributed by atoms with Crippen molar-refractivity contribution in [1.29, 1.82) is 0 Å². The minimum atomic E-state index is -4.64. The molecule has 2 saturated heterocycles. The topological polar surface area (TPSA) is 128 Å². The van der Waals surface area contributed by atoms with Crippen molar-refractivity contribution in [3.8, 4) is 32.6 Å². The summed E-state index contributed by atoms with van der Waals surface area (Å²) >= 11 is 3.41. The third-order valence-electron chi connectivity index (χ3n) is 13.0. The summed E-state index contributed by atoms with van der Waals surface area (Å²) in [5.41, 5.74) is 6.21. The number of aldehydes is 1. The van der Waals surface area contributed by atoms with E-state index in [0.29, 0.717) is 25.3 Å². The normalized spacial score (nSPS) is 20.4. The summed E-state index contributed by atoms with van der Waals surface area (Å²) < 4.78 is 64.0. The molecule has 0 atom stereocenters. The number of halogens is 3. The fourth-order valence-corrected chi connectivity index (χ4v) is 10.8. The van der Waals surface area contributed by atoms with Gasteiger partial charge in [0.15, 0.2) is 0 Å². The van der Waals surface area contributed by atoms with Gasteiger partial charge in [-0.25, -0.2) is 14.8 Å². The minimum Gasteiger partial charge on any atom is -0.490 e. The predicted molar refractivity (Wildman–Crippen MR) is 285 cm³/mol. The van der Waals surface area contributed by atoms with Crippen molar-refractivity contribution in [2.45, 2.75) is 121 Å². The maximum absolute atomic E-state index is 12.3. The first-order chi connectivity index (χ1) is 34.8. The lowest BCUT2D eigenvalue weighted by Gasteiger charge is -2.40. The van der Waals surface area contributed by atoms with Gasteiger partial charge in [0, 0.05) is 89.5 Å². The molecule has 392 valence electrons. The third-order valence-corrected chi connectivity index (χ3v) is 15.1. The number of alkyl halides is 3. The zero-order valence-electron chi connectivity index (χ0n) is 42.7. The molecule has 2 aliphatic carbocycles. The summed E-state index contributed by atoms with van der Waals surface area (Å²) in [6.45, 7) is 9.21. The molecule has 4 fully saturated rings. The zero-order chi connectivity index (χ0) is 51.9. The summed E-state index contributed by atoms with van der Waals surface area (Å²) in [4.78, 5) is 36.6. The van der Waals surface area contributed by atoms with Gasteiger partial charge in [0.05, 0.1) is 44.8 Å². The molecular formula is C55H67F3N6O7S2. The number of ether oxygens (including phenoxy) is 5. The number of benzene rings is 4. The van der Waals surface area contributed by atoms with Crippen LogP contribution in [-0.4, -0.2) is 130 Å². The van der Waals surface area contributed by atoms with Crippen LogP contribution >= 0.6 is 22.7 Å². The molecule has 4 heterocycles. The van der Waals surface area contributed by atoms with Crippen molar-refractivity contribution in [2.24, 2.45) is 0 Å². The van der Waals surface area contributed by atoms with Crippen LogP contribution in [0.3, 0.4) is 0 Å². The van der Waals surface area contributed by atoms with Crippen LogP contribution in [0.15, 0.2) is 84.9 Å². The lowest BCUT2D eigenvalue weighted by molar-refractivity contribution is -0.156. The lowest BCUT2D eigenvalue weighted by Crippen LogP contribution is -2.46. The van der Waals surface area contributed by atoms with Gasteiger partial charge in [-0.2, -0.15) is 13.2 Å². The number of piperidine rings is 2. The smallest absolute Gasteiger partial charge is 0.446 e. The lowest BCUT2D eigenvalue weighted by atomic mass is 9.91. The summed E-state index contributed by atoms with van der Waals surface area (Å²) in [6.07, 6.45) is 3.48. The predicted octanol–water partition coefficient (Wildman–Crippen LogP) is 11.8. The summed E-state index contributed by atoms with van der Waals surface area (Å²) in [5, 5.41) is 5.46. The van der Waals surface area contributed by atoms with Crippen LogP contribution in [0.2, 0.25) is 0 Å². The second-order valence-corrected chi connectivity index (χ2v) is 22.5. The minimum absolute atomic E-state index is 0.176. The molecule has 6 aromatic rings. The number of aromatic nitrogens is 2. The van der Waals surface area contributed by atoms with Gasteiger partial charge >= 0.3 is 12.3 Å². The SMILES string of the molecule is CN(C)c1ccc(-c2nc3ccc(OC4CC(OC5CCN(C(=O)OC(C)(C)C)CC5)C4)cc3s2)cc1.CN(C)c1ccc(-c2nc3ccc(OC4CC(OC5CCNCC5)C4)cc3s2)cc1.O=CC(F)(F)F. The Balaban J connectivity index is 0.000000178. The monoisotopic (exact) mass is 1040 g/mol. The molecule has 13 nitrogen and oxygen atoms in total. The molecule has 18 heteroatoms. The summed E-state index contributed by atoms with van der Waals surface area (Å²) in [5.74, 6) is 1.82. The number of nitrogens with zero attached hydrogens (tertiary/aromatic N) is 5. The number of thiazole rings is 2. The van der Waals surface area contributed by atoms with Gasteiger partial charge in [-0.1, -0.05) is 0 Å². The molecule has 10 rings (SSSR count). The molecular weight excluding hydrogens is 978 g/mol. The van der Waals surface area contributed by atoms with Crippen LogP contribution in [0.25, 0.3) is 41.6 Å². The Bertz CT molecular complexity index is 2740. The highest BCUT2D eigenvalue weighted by Gasteiger charge is 2.36. The number of amides is 1. The highest BCUT2D eigenvalue weighted by atomic mass is 32.1. The molecule has 73 heavy (non-hydrogen) atoms. The molecule has 1 amide bonds. The number of nitrogens with one attached hydrogen (secondary N) is 1. The molecule has 2 aliphatic heterocycles. The quantitative estimate of drug-likeness (QED) is 0.117. The highest BCUT2D eigenvalue weighted by molar-refractivity contribution is 7.22. The average molecular weight is 1050 g/mol. The van der Waals surface area contributed by atoms with Crippen LogP contribution < -0.4 is 24.6 Å². The molecule has 0 unspecified atom stereocenters. The number of carbonyl (C=O) groups is 2. The number of likely N-dealkylation sites (tertiary alicyclic amines) is 1. The second kappa shape index (κ2) is 23.8. The highest BCUT2D eigenvalue weighted by Crippen LogP contribution is 2.38. The Hall–Kier alpha value is -5.53. The standard InChI is InChI=1S/C29H37N3O4S.C24H29N3O2S.C2HF3O/c1-29(2,3)36-28(33)32-14-12-21(13-15-32)34-23-16-24(17-23)35-22-10-11-25-26(18-22)37-27(30-25)19-6-8-20(9-7-19)31(4)5;1-27(2)17-5-3-16(4-6-17)24-26-22-8-7-19(15-23(22)30-24)29-21-13-20(14-21)28-18-9-11-25-12-10-18;3-2(4,5)1-6/h6-11,18,21,23-24H,12-17H2,1-5H3;3-8,15,18,20-21,25H,9-14H2,1-2H3;1H. The number of anilines is 2. The number of fused-ring (bicyclic) bond motifs is 2. The number of hydrogen-bond acceptors (Lipinski definition) is 14. The Morgan fingerprint density at radius 2 is 1.04 bits per heavy atom.